The summed E-state index contributed by atoms with van der Waals surface area (Å²) in [6.45, 7) is 2.83. The lowest BCUT2D eigenvalue weighted by molar-refractivity contribution is -0.384. The summed E-state index contributed by atoms with van der Waals surface area (Å²) in [5.74, 6) is 0. The van der Waals surface area contributed by atoms with Crippen molar-refractivity contribution < 1.29 is 13.3 Å². The fraction of sp³-hybridized carbons (Fsp3) is 0.538. The van der Waals surface area contributed by atoms with Crippen LogP contribution >= 0.6 is 0 Å². The minimum atomic E-state index is -3.39. The molecule has 2 unspecified atom stereocenters. The number of nitro groups is 1. The van der Waals surface area contributed by atoms with Gasteiger partial charge in [-0.2, -0.15) is 0 Å². The average molecular weight is 298 g/mol. The van der Waals surface area contributed by atoms with Crippen LogP contribution in [0.2, 0.25) is 0 Å². The highest BCUT2D eigenvalue weighted by atomic mass is 32.2. The number of non-ortho nitro benzene ring substituents is 1. The zero-order valence-corrected chi connectivity index (χ0v) is 12.1. The van der Waals surface area contributed by atoms with Gasteiger partial charge in [-0.15, -0.1) is 0 Å². The van der Waals surface area contributed by atoms with Crippen molar-refractivity contribution in [3.63, 3.8) is 0 Å². The topological polar surface area (TPSA) is 89.3 Å². The molecule has 1 saturated carbocycles. The van der Waals surface area contributed by atoms with Gasteiger partial charge in [-0.3, -0.25) is 10.1 Å². The van der Waals surface area contributed by atoms with E-state index in [-0.39, 0.29) is 16.6 Å². The Morgan fingerprint density at radius 2 is 1.95 bits per heavy atom. The summed E-state index contributed by atoms with van der Waals surface area (Å²) < 4.78 is 24.9. The SMILES string of the molecule is CCNC1CCC(S(=O)(=O)c2ccc([N+](=O)[O-])cc2)C1. The lowest BCUT2D eigenvalue weighted by Gasteiger charge is -2.13. The molecule has 110 valence electrons. The largest absolute Gasteiger partial charge is 0.314 e. The van der Waals surface area contributed by atoms with Gasteiger partial charge in [0.2, 0.25) is 0 Å². The third kappa shape index (κ3) is 2.99. The Hall–Kier alpha value is -1.47. The summed E-state index contributed by atoms with van der Waals surface area (Å²) >= 11 is 0. The van der Waals surface area contributed by atoms with Crippen molar-refractivity contribution in [1.82, 2.24) is 5.32 Å². The third-order valence-corrected chi connectivity index (χ3v) is 5.93. The van der Waals surface area contributed by atoms with Gasteiger partial charge in [-0.1, -0.05) is 6.92 Å². The Morgan fingerprint density at radius 3 is 2.50 bits per heavy atom. The Bertz CT molecular complexity index is 583. The highest BCUT2D eigenvalue weighted by molar-refractivity contribution is 7.92. The van der Waals surface area contributed by atoms with E-state index in [1.807, 2.05) is 6.92 Å². The fourth-order valence-corrected chi connectivity index (χ4v) is 4.48. The Labute approximate surface area is 118 Å². The first-order chi connectivity index (χ1) is 9.45. The van der Waals surface area contributed by atoms with E-state index < -0.39 is 20.0 Å². The van der Waals surface area contributed by atoms with Crippen LogP contribution in [0.3, 0.4) is 0 Å². The van der Waals surface area contributed by atoms with Crippen molar-refractivity contribution in [2.75, 3.05) is 6.54 Å². The minimum absolute atomic E-state index is 0.0964. The lowest BCUT2D eigenvalue weighted by Crippen LogP contribution is -2.28. The molecule has 1 N–H and O–H groups in total. The number of nitrogens with one attached hydrogen (secondary N) is 1. The molecular formula is C13H18N2O4S. The summed E-state index contributed by atoms with van der Waals surface area (Å²) in [4.78, 5) is 10.2. The summed E-state index contributed by atoms with van der Waals surface area (Å²) in [5.41, 5.74) is -0.0964. The number of nitro benzene ring substituents is 1. The van der Waals surface area contributed by atoms with E-state index in [0.29, 0.717) is 12.8 Å². The van der Waals surface area contributed by atoms with E-state index in [0.717, 1.165) is 13.0 Å². The second kappa shape index (κ2) is 5.88. The average Bonchev–Trinajstić information content (AvgIpc) is 2.88. The van der Waals surface area contributed by atoms with Gasteiger partial charge in [0.15, 0.2) is 9.84 Å². The second-order valence-corrected chi connectivity index (χ2v) is 7.21. The van der Waals surface area contributed by atoms with E-state index in [9.17, 15) is 18.5 Å². The number of sulfone groups is 1. The standard InChI is InChI=1S/C13H18N2O4S/c1-2-14-10-3-6-13(9-10)20(18,19)12-7-4-11(5-8-12)15(16)17/h4-5,7-8,10,13-14H,2-3,6,9H2,1H3. The highest BCUT2D eigenvalue weighted by Gasteiger charge is 2.35. The van der Waals surface area contributed by atoms with Gasteiger partial charge in [0.25, 0.3) is 5.69 Å². The van der Waals surface area contributed by atoms with Crippen LogP contribution in [0.15, 0.2) is 29.2 Å². The Kier molecular flexibility index (Phi) is 4.39. The molecule has 6 nitrogen and oxygen atoms in total. The van der Waals surface area contributed by atoms with Crippen LogP contribution in [0, 0.1) is 10.1 Å². The predicted molar refractivity (Wildman–Crippen MR) is 75.4 cm³/mol. The van der Waals surface area contributed by atoms with Crippen LogP contribution < -0.4 is 5.32 Å². The molecule has 20 heavy (non-hydrogen) atoms. The molecule has 0 spiro atoms. The van der Waals surface area contributed by atoms with Crippen LogP contribution in [0.5, 0.6) is 0 Å². The Balaban J connectivity index is 2.16. The lowest BCUT2D eigenvalue weighted by atomic mass is 10.2. The molecule has 0 bridgehead atoms. The van der Waals surface area contributed by atoms with Gasteiger partial charge >= 0.3 is 0 Å². The third-order valence-electron chi connectivity index (χ3n) is 3.69. The maximum absolute atomic E-state index is 12.5. The molecule has 1 aromatic rings. The van der Waals surface area contributed by atoms with Crippen molar-refractivity contribution in [1.29, 1.82) is 0 Å². The van der Waals surface area contributed by atoms with Crippen molar-refractivity contribution >= 4 is 15.5 Å². The van der Waals surface area contributed by atoms with Crippen molar-refractivity contribution in [2.45, 2.75) is 42.4 Å². The maximum Gasteiger partial charge on any atom is 0.269 e. The smallest absolute Gasteiger partial charge is 0.269 e. The second-order valence-electron chi connectivity index (χ2n) is 4.99. The molecular weight excluding hydrogens is 280 g/mol. The number of nitrogens with zero attached hydrogens (tertiary/aromatic N) is 1. The number of rotatable bonds is 5. The quantitative estimate of drug-likeness (QED) is 0.662. The molecule has 0 saturated heterocycles. The molecule has 2 atom stereocenters. The molecule has 0 aliphatic heterocycles. The number of hydrogen-bond donors (Lipinski definition) is 1. The van der Waals surface area contributed by atoms with Crippen LogP contribution in [-0.2, 0) is 9.84 Å². The van der Waals surface area contributed by atoms with E-state index >= 15 is 0 Å². The van der Waals surface area contributed by atoms with Gasteiger partial charge < -0.3 is 5.32 Å². The zero-order chi connectivity index (χ0) is 14.8. The predicted octanol–water partition coefficient (Wildman–Crippen LogP) is 1.90. The number of hydrogen-bond acceptors (Lipinski definition) is 5. The first kappa shape index (κ1) is 14.9. The maximum atomic E-state index is 12.5. The summed E-state index contributed by atoms with van der Waals surface area (Å²) in [7, 11) is -3.39. The van der Waals surface area contributed by atoms with E-state index in [2.05, 4.69) is 5.32 Å². The zero-order valence-electron chi connectivity index (χ0n) is 11.3. The molecule has 0 amide bonds. The molecule has 0 aromatic heterocycles. The monoisotopic (exact) mass is 298 g/mol. The van der Waals surface area contributed by atoms with E-state index in [1.54, 1.807) is 0 Å². The van der Waals surface area contributed by atoms with E-state index in [1.165, 1.54) is 24.3 Å². The summed E-state index contributed by atoms with van der Waals surface area (Å²) in [6, 6.07) is 5.38. The van der Waals surface area contributed by atoms with Gasteiger partial charge in [0.05, 0.1) is 15.1 Å². The van der Waals surface area contributed by atoms with Crippen molar-refractivity contribution in [3.05, 3.63) is 34.4 Å². The van der Waals surface area contributed by atoms with Gasteiger partial charge in [-0.05, 0) is 37.9 Å². The van der Waals surface area contributed by atoms with Crippen LogP contribution in [0.4, 0.5) is 5.69 Å². The van der Waals surface area contributed by atoms with Crippen LogP contribution in [0.25, 0.3) is 0 Å². The molecule has 1 aromatic carbocycles. The minimum Gasteiger partial charge on any atom is -0.314 e. The summed E-state index contributed by atoms with van der Waals surface area (Å²) in [6.07, 6.45) is 2.09. The molecule has 1 fully saturated rings. The molecule has 1 aliphatic carbocycles. The summed E-state index contributed by atoms with van der Waals surface area (Å²) in [5, 5.41) is 13.5. The normalized spacial score (nSPS) is 22.9. The van der Waals surface area contributed by atoms with Crippen LogP contribution in [-0.4, -0.2) is 31.2 Å². The number of benzene rings is 1. The first-order valence-electron chi connectivity index (χ1n) is 6.67. The molecule has 1 aliphatic rings. The fourth-order valence-electron chi connectivity index (χ4n) is 2.65. The molecule has 7 heteroatoms. The van der Waals surface area contributed by atoms with Gasteiger partial charge in [0.1, 0.15) is 0 Å². The van der Waals surface area contributed by atoms with Crippen molar-refractivity contribution in [3.8, 4) is 0 Å². The van der Waals surface area contributed by atoms with E-state index in [4.69, 9.17) is 0 Å². The van der Waals surface area contributed by atoms with Crippen LogP contribution in [0.1, 0.15) is 26.2 Å². The van der Waals surface area contributed by atoms with Gasteiger partial charge in [-0.25, -0.2) is 8.42 Å². The van der Waals surface area contributed by atoms with Crippen molar-refractivity contribution in [2.24, 2.45) is 0 Å². The molecule has 0 heterocycles. The molecule has 2 rings (SSSR count). The Morgan fingerprint density at radius 1 is 1.30 bits per heavy atom. The highest BCUT2D eigenvalue weighted by Crippen LogP contribution is 2.30. The molecule has 0 radical (unpaired) electrons. The first-order valence-corrected chi connectivity index (χ1v) is 8.21. The van der Waals surface area contributed by atoms with Gasteiger partial charge in [0, 0.05) is 18.2 Å².